The molecule has 0 spiro atoms. The van der Waals surface area contributed by atoms with Crippen molar-refractivity contribution >= 4 is 0 Å². The van der Waals surface area contributed by atoms with Gasteiger partial charge in [-0.15, -0.1) is 0 Å². The quantitative estimate of drug-likeness (QED) is 0.822. The molecular formula is C15H29N3O. The average Bonchev–Trinajstić information content (AvgIpc) is 2.85. The maximum Gasteiger partial charge on any atom is 0.0599 e. The molecule has 0 amide bonds. The SMILES string of the molecule is CCOC1CCN(C2(CN)CCN3CCC2C3)CC1. The van der Waals surface area contributed by atoms with Crippen molar-refractivity contribution < 1.29 is 4.74 Å². The Kier molecular flexibility index (Phi) is 4.13. The lowest BCUT2D eigenvalue weighted by molar-refractivity contribution is -0.0484. The zero-order valence-electron chi connectivity index (χ0n) is 12.3. The smallest absolute Gasteiger partial charge is 0.0599 e. The minimum Gasteiger partial charge on any atom is -0.378 e. The molecule has 4 nitrogen and oxygen atoms in total. The lowest BCUT2D eigenvalue weighted by Gasteiger charge is -2.52. The van der Waals surface area contributed by atoms with Crippen molar-refractivity contribution in [2.75, 3.05) is 45.9 Å². The molecule has 0 aromatic rings. The molecule has 0 aromatic heterocycles. The monoisotopic (exact) mass is 267 g/mol. The number of piperidine rings is 2. The molecule has 3 saturated heterocycles. The maximum atomic E-state index is 6.26. The Bertz CT molecular complexity index is 304. The molecule has 3 atom stereocenters. The van der Waals surface area contributed by atoms with Gasteiger partial charge in [0.15, 0.2) is 0 Å². The van der Waals surface area contributed by atoms with Gasteiger partial charge in [-0.25, -0.2) is 0 Å². The van der Waals surface area contributed by atoms with Crippen LogP contribution in [0.4, 0.5) is 0 Å². The second-order valence-electron chi connectivity index (χ2n) is 6.49. The molecule has 3 unspecified atom stereocenters. The third-order valence-electron chi connectivity index (χ3n) is 5.72. The Morgan fingerprint density at radius 2 is 1.95 bits per heavy atom. The van der Waals surface area contributed by atoms with Gasteiger partial charge in [0.25, 0.3) is 0 Å². The lowest BCUT2D eigenvalue weighted by atomic mass is 9.76. The van der Waals surface area contributed by atoms with Gasteiger partial charge < -0.3 is 15.4 Å². The third kappa shape index (κ3) is 2.44. The Hall–Kier alpha value is -0.160. The molecule has 3 aliphatic rings. The van der Waals surface area contributed by atoms with Crippen molar-refractivity contribution in [2.24, 2.45) is 11.7 Å². The van der Waals surface area contributed by atoms with Crippen molar-refractivity contribution in [1.82, 2.24) is 9.80 Å². The molecule has 19 heavy (non-hydrogen) atoms. The summed E-state index contributed by atoms with van der Waals surface area (Å²) < 4.78 is 5.78. The lowest BCUT2D eigenvalue weighted by Crippen LogP contribution is -2.64. The van der Waals surface area contributed by atoms with E-state index >= 15 is 0 Å². The Morgan fingerprint density at radius 3 is 2.63 bits per heavy atom. The fraction of sp³-hybridized carbons (Fsp3) is 1.00. The van der Waals surface area contributed by atoms with Crippen LogP contribution >= 0.6 is 0 Å². The van der Waals surface area contributed by atoms with Crippen LogP contribution in [0.3, 0.4) is 0 Å². The number of fused-ring (bicyclic) bond motifs is 2. The van der Waals surface area contributed by atoms with Gasteiger partial charge >= 0.3 is 0 Å². The van der Waals surface area contributed by atoms with Gasteiger partial charge in [-0.2, -0.15) is 0 Å². The average molecular weight is 267 g/mol. The predicted molar refractivity (Wildman–Crippen MR) is 77.2 cm³/mol. The summed E-state index contributed by atoms with van der Waals surface area (Å²) in [5.41, 5.74) is 6.55. The van der Waals surface area contributed by atoms with Crippen LogP contribution in [-0.2, 0) is 4.74 Å². The summed E-state index contributed by atoms with van der Waals surface area (Å²) in [6.07, 6.45) is 5.48. The highest BCUT2D eigenvalue weighted by Gasteiger charge is 2.49. The van der Waals surface area contributed by atoms with Crippen molar-refractivity contribution in [3.05, 3.63) is 0 Å². The number of rotatable bonds is 4. The van der Waals surface area contributed by atoms with Crippen molar-refractivity contribution in [3.8, 4) is 0 Å². The summed E-state index contributed by atoms with van der Waals surface area (Å²) in [5.74, 6) is 0.801. The normalized spacial score (nSPS) is 40.7. The number of hydrogen-bond acceptors (Lipinski definition) is 4. The van der Waals surface area contributed by atoms with Gasteiger partial charge in [0.2, 0.25) is 0 Å². The van der Waals surface area contributed by atoms with Crippen LogP contribution in [0.5, 0.6) is 0 Å². The fourth-order valence-corrected chi connectivity index (χ4v) is 4.55. The number of nitrogens with zero attached hydrogens (tertiary/aromatic N) is 2. The van der Waals surface area contributed by atoms with E-state index in [2.05, 4.69) is 16.7 Å². The Balaban J connectivity index is 1.66. The fourth-order valence-electron chi connectivity index (χ4n) is 4.55. The molecule has 2 bridgehead atoms. The van der Waals surface area contributed by atoms with Gasteiger partial charge in [-0.1, -0.05) is 0 Å². The number of likely N-dealkylation sites (tertiary alicyclic amines) is 1. The molecule has 4 heteroatoms. The van der Waals surface area contributed by atoms with Crippen LogP contribution < -0.4 is 5.73 Å². The van der Waals surface area contributed by atoms with E-state index in [4.69, 9.17) is 10.5 Å². The minimum atomic E-state index is 0.296. The summed E-state index contributed by atoms with van der Waals surface area (Å²) in [7, 11) is 0. The first kappa shape index (κ1) is 13.8. The van der Waals surface area contributed by atoms with Crippen LogP contribution in [0.2, 0.25) is 0 Å². The van der Waals surface area contributed by atoms with Gasteiger partial charge in [-0.05, 0) is 51.6 Å². The predicted octanol–water partition coefficient (Wildman–Crippen LogP) is 0.910. The summed E-state index contributed by atoms with van der Waals surface area (Å²) in [6.45, 7) is 9.97. The summed E-state index contributed by atoms with van der Waals surface area (Å²) in [4.78, 5) is 5.33. The number of ether oxygens (including phenoxy) is 1. The van der Waals surface area contributed by atoms with Gasteiger partial charge in [0, 0.05) is 38.3 Å². The summed E-state index contributed by atoms with van der Waals surface area (Å²) in [5, 5.41) is 0. The molecule has 0 aromatic carbocycles. The largest absolute Gasteiger partial charge is 0.378 e. The molecular weight excluding hydrogens is 238 g/mol. The highest BCUT2D eigenvalue weighted by molar-refractivity contribution is 5.06. The second kappa shape index (κ2) is 5.68. The Labute approximate surface area is 117 Å². The Morgan fingerprint density at radius 1 is 1.16 bits per heavy atom. The summed E-state index contributed by atoms with van der Waals surface area (Å²) in [6, 6.07) is 0. The van der Waals surface area contributed by atoms with Crippen LogP contribution in [0.25, 0.3) is 0 Å². The van der Waals surface area contributed by atoms with E-state index in [1.54, 1.807) is 0 Å². The van der Waals surface area contributed by atoms with Crippen LogP contribution in [0.15, 0.2) is 0 Å². The maximum absolute atomic E-state index is 6.26. The van der Waals surface area contributed by atoms with Gasteiger partial charge in [0.1, 0.15) is 0 Å². The van der Waals surface area contributed by atoms with E-state index in [0.29, 0.717) is 11.6 Å². The second-order valence-corrected chi connectivity index (χ2v) is 6.49. The van der Waals surface area contributed by atoms with E-state index in [9.17, 15) is 0 Å². The molecule has 0 aliphatic carbocycles. The zero-order valence-corrected chi connectivity index (χ0v) is 12.3. The molecule has 3 heterocycles. The van der Waals surface area contributed by atoms with Gasteiger partial charge in [0.05, 0.1) is 6.10 Å². The first-order valence-corrected chi connectivity index (χ1v) is 8.07. The van der Waals surface area contributed by atoms with Crippen LogP contribution in [0.1, 0.15) is 32.6 Å². The van der Waals surface area contributed by atoms with E-state index in [-0.39, 0.29) is 0 Å². The van der Waals surface area contributed by atoms with E-state index in [1.807, 2.05) is 0 Å². The molecule has 2 N–H and O–H groups in total. The highest BCUT2D eigenvalue weighted by Crippen LogP contribution is 2.40. The standard InChI is InChI=1S/C15H29N3O/c1-2-19-14-4-8-18(9-5-14)15(12-16)6-10-17-7-3-13(15)11-17/h13-14H,2-12,16H2,1H3. The van der Waals surface area contributed by atoms with E-state index in [0.717, 1.165) is 19.1 Å². The topological polar surface area (TPSA) is 41.7 Å². The van der Waals surface area contributed by atoms with Gasteiger partial charge in [-0.3, -0.25) is 4.90 Å². The number of hydrogen-bond donors (Lipinski definition) is 1. The summed E-state index contributed by atoms with van der Waals surface area (Å²) >= 11 is 0. The molecule has 0 radical (unpaired) electrons. The number of nitrogens with two attached hydrogens (primary N) is 1. The zero-order chi connectivity index (χ0) is 13.3. The van der Waals surface area contributed by atoms with Crippen LogP contribution in [-0.4, -0.2) is 67.3 Å². The van der Waals surface area contributed by atoms with E-state index in [1.165, 1.54) is 58.4 Å². The molecule has 3 aliphatic heterocycles. The van der Waals surface area contributed by atoms with Crippen LogP contribution in [0, 0.1) is 5.92 Å². The first-order chi connectivity index (χ1) is 9.28. The third-order valence-corrected chi connectivity index (χ3v) is 5.72. The first-order valence-electron chi connectivity index (χ1n) is 8.07. The highest BCUT2D eigenvalue weighted by atomic mass is 16.5. The molecule has 0 saturated carbocycles. The van der Waals surface area contributed by atoms with Crippen molar-refractivity contribution in [3.63, 3.8) is 0 Å². The molecule has 110 valence electrons. The van der Waals surface area contributed by atoms with E-state index < -0.39 is 0 Å². The minimum absolute atomic E-state index is 0.296. The molecule has 3 fully saturated rings. The molecule has 3 rings (SSSR count). The van der Waals surface area contributed by atoms with Crippen molar-refractivity contribution in [1.29, 1.82) is 0 Å². The van der Waals surface area contributed by atoms with Crippen molar-refractivity contribution in [2.45, 2.75) is 44.2 Å².